The van der Waals surface area contributed by atoms with Crippen molar-refractivity contribution >= 4 is 23.1 Å². The molecule has 1 aromatic carbocycles. The second-order valence-electron chi connectivity index (χ2n) is 8.16. The zero-order chi connectivity index (χ0) is 22.2. The molecule has 0 aliphatic carbocycles. The number of ketones is 1. The van der Waals surface area contributed by atoms with Crippen molar-refractivity contribution in [1.82, 2.24) is 0 Å². The van der Waals surface area contributed by atoms with E-state index in [0.29, 0.717) is 17.2 Å². The largest absolute Gasteiger partial charge is 0.503 e. The fourth-order valence-electron chi connectivity index (χ4n) is 4.49. The molecule has 1 saturated heterocycles. The Balaban J connectivity index is 1.54. The van der Waals surface area contributed by atoms with Crippen molar-refractivity contribution in [3.63, 3.8) is 0 Å². The first-order valence-corrected chi connectivity index (χ1v) is 10.8. The van der Waals surface area contributed by atoms with E-state index in [9.17, 15) is 14.7 Å². The van der Waals surface area contributed by atoms with Crippen LogP contribution in [0.15, 0.2) is 75.0 Å². The van der Waals surface area contributed by atoms with Gasteiger partial charge in [-0.3, -0.25) is 14.5 Å². The molecule has 0 bridgehead atoms. The summed E-state index contributed by atoms with van der Waals surface area (Å²) in [5, 5.41) is 10.7. The average molecular weight is 432 g/mol. The topological polar surface area (TPSA) is 87.1 Å². The van der Waals surface area contributed by atoms with Gasteiger partial charge >= 0.3 is 0 Å². The number of carbonyl (C=O) groups excluding carboxylic acids is 2. The van der Waals surface area contributed by atoms with Crippen molar-refractivity contribution in [3.8, 4) is 0 Å². The van der Waals surface area contributed by atoms with Crippen LogP contribution in [0.3, 0.4) is 0 Å². The second kappa shape index (κ2) is 8.07. The number of nitrogens with zero attached hydrogens (tertiary/aromatic N) is 2. The van der Waals surface area contributed by atoms with E-state index in [1.807, 2.05) is 24.3 Å². The van der Waals surface area contributed by atoms with Crippen LogP contribution >= 0.6 is 0 Å². The minimum Gasteiger partial charge on any atom is -0.503 e. The molecule has 1 N–H and O–H groups in total. The fraction of sp³-hybridized carbons (Fsp3) is 0.280. The minimum absolute atomic E-state index is 0.0509. The number of aliphatic hydroxyl groups is 1. The number of hydrogen-bond donors (Lipinski definition) is 1. The Morgan fingerprint density at radius 3 is 2.34 bits per heavy atom. The van der Waals surface area contributed by atoms with Crippen molar-refractivity contribution in [1.29, 1.82) is 0 Å². The van der Waals surface area contributed by atoms with Gasteiger partial charge in [0.05, 0.1) is 11.8 Å². The summed E-state index contributed by atoms with van der Waals surface area (Å²) in [6, 6.07) is 13.3. The van der Waals surface area contributed by atoms with Crippen molar-refractivity contribution < 1.29 is 23.5 Å². The normalized spacial score (nSPS) is 19.2. The number of rotatable bonds is 5. The van der Waals surface area contributed by atoms with Crippen LogP contribution in [0, 0.1) is 6.92 Å². The van der Waals surface area contributed by atoms with Gasteiger partial charge in [-0.05, 0) is 74.7 Å². The maximum Gasteiger partial charge on any atom is 0.294 e. The third-order valence-corrected chi connectivity index (χ3v) is 6.08. The van der Waals surface area contributed by atoms with E-state index in [1.165, 1.54) is 36.5 Å². The summed E-state index contributed by atoms with van der Waals surface area (Å²) in [6.07, 6.45) is 4.97. The Bertz CT molecular complexity index is 1170. The highest BCUT2D eigenvalue weighted by atomic mass is 16.3. The molecule has 0 spiro atoms. The lowest BCUT2D eigenvalue weighted by atomic mass is 9.99. The van der Waals surface area contributed by atoms with Crippen molar-refractivity contribution in [2.75, 3.05) is 22.9 Å². The smallest absolute Gasteiger partial charge is 0.294 e. The molecule has 1 amide bonds. The molecule has 5 rings (SSSR count). The van der Waals surface area contributed by atoms with Gasteiger partial charge in [0.25, 0.3) is 5.91 Å². The number of piperidine rings is 1. The van der Waals surface area contributed by atoms with Crippen LogP contribution in [0.4, 0.5) is 11.4 Å². The van der Waals surface area contributed by atoms with Gasteiger partial charge in [0.1, 0.15) is 17.6 Å². The molecule has 7 heteroatoms. The molecule has 0 saturated carbocycles. The van der Waals surface area contributed by atoms with Crippen LogP contribution in [0.5, 0.6) is 0 Å². The molecular weight excluding hydrogens is 408 g/mol. The number of Topliss-reactive ketones (excluding diaryl/α,β-unsaturated/α-hetero) is 1. The Morgan fingerprint density at radius 2 is 1.72 bits per heavy atom. The number of hydrogen-bond acceptors (Lipinski definition) is 6. The Labute approximate surface area is 185 Å². The Hall–Kier alpha value is -3.74. The van der Waals surface area contributed by atoms with Gasteiger partial charge in [0.2, 0.25) is 5.78 Å². The quantitative estimate of drug-likeness (QED) is 0.574. The van der Waals surface area contributed by atoms with E-state index in [1.54, 1.807) is 25.1 Å². The van der Waals surface area contributed by atoms with Gasteiger partial charge in [-0.2, -0.15) is 0 Å². The summed E-state index contributed by atoms with van der Waals surface area (Å²) < 4.78 is 11.0. The molecule has 2 aliphatic rings. The number of aryl methyl sites for hydroxylation is 1. The zero-order valence-electron chi connectivity index (χ0n) is 17.8. The fourth-order valence-corrected chi connectivity index (χ4v) is 4.49. The van der Waals surface area contributed by atoms with Gasteiger partial charge in [-0.15, -0.1) is 0 Å². The van der Waals surface area contributed by atoms with Crippen molar-refractivity contribution in [2.24, 2.45) is 0 Å². The van der Waals surface area contributed by atoms with Gasteiger partial charge < -0.3 is 18.8 Å². The number of amides is 1. The van der Waals surface area contributed by atoms with Crippen LogP contribution < -0.4 is 9.80 Å². The van der Waals surface area contributed by atoms with Gasteiger partial charge in [0.15, 0.2) is 11.5 Å². The lowest BCUT2D eigenvalue weighted by molar-refractivity contribution is -0.117. The van der Waals surface area contributed by atoms with Crippen LogP contribution in [0.1, 0.15) is 47.4 Å². The van der Waals surface area contributed by atoms with E-state index in [-0.39, 0.29) is 11.3 Å². The van der Waals surface area contributed by atoms with Gasteiger partial charge in [-0.25, -0.2) is 0 Å². The summed E-state index contributed by atoms with van der Waals surface area (Å²) in [5.41, 5.74) is 1.61. The minimum atomic E-state index is -0.894. The molecule has 0 radical (unpaired) electrons. The molecule has 1 atom stereocenters. The highest BCUT2D eigenvalue weighted by Crippen LogP contribution is 2.42. The average Bonchev–Trinajstić information content (AvgIpc) is 3.55. The second-order valence-corrected chi connectivity index (χ2v) is 8.16. The summed E-state index contributed by atoms with van der Waals surface area (Å²) in [4.78, 5) is 30.0. The highest BCUT2D eigenvalue weighted by Gasteiger charge is 2.46. The van der Waals surface area contributed by atoms with Crippen LogP contribution in [-0.2, 0) is 4.79 Å². The van der Waals surface area contributed by atoms with Crippen LogP contribution in [0.25, 0.3) is 0 Å². The molecule has 3 aromatic rings. The number of benzene rings is 1. The predicted molar refractivity (Wildman–Crippen MR) is 119 cm³/mol. The number of carbonyl (C=O) groups is 2. The number of anilines is 2. The van der Waals surface area contributed by atoms with E-state index in [2.05, 4.69) is 4.90 Å². The first-order chi connectivity index (χ1) is 15.5. The first kappa shape index (κ1) is 20.2. The maximum absolute atomic E-state index is 13.2. The monoisotopic (exact) mass is 432 g/mol. The summed E-state index contributed by atoms with van der Waals surface area (Å²) in [7, 11) is 0. The lowest BCUT2D eigenvalue weighted by Crippen LogP contribution is -2.31. The molecule has 32 heavy (non-hydrogen) atoms. The van der Waals surface area contributed by atoms with Crippen molar-refractivity contribution in [3.05, 3.63) is 83.4 Å². The van der Waals surface area contributed by atoms with Gasteiger partial charge in [-0.1, -0.05) is 0 Å². The molecule has 2 aliphatic heterocycles. The summed E-state index contributed by atoms with van der Waals surface area (Å²) in [6.45, 7) is 3.82. The van der Waals surface area contributed by atoms with Crippen molar-refractivity contribution in [2.45, 2.75) is 32.2 Å². The molecule has 4 heterocycles. The first-order valence-electron chi connectivity index (χ1n) is 10.8. The third-order valence-electron chi connectivity index (χ3n) is 6.08. The van der Waals surface area contributed by atoms with Crippen LogP contribution in [0.2, 0.25) is 0 Å². The molecular formula is C25H24N2O5. The third kappa shape index (κ3) is 3.39. The maximum atomic E-state index is 13.2. The van der Waals surface area contributed by atoms with E-state index < -0.39 is 23.5 Å². The number of aliphatic hydroxyl groups excluding tert-OH is 1. The summed E-state index contributed by atoms with van der Waals surface area (Å²) >= 11 is 0. The molecule has 7 nitrogen and oxygen atoms in total. The Kier molecular flexibility index (Phi) is 5.09. The predicted octanol–water partition coefficient (Wildman–Crippen LogP) is 4.95. The number of furan rings is 2. The SMILES string of the molecule is Cc1ccc(C2C(C(=O)c3ccco3)=C(O)C(=O)N2c2ccc(N3CCCCC3)cc2)o1. The standard InChI is InChI=1S/C25H24N2O5/c1-16-7-12-19(32-16)22-21(23(28)20-6-5-15-31-20)24(29)25(30)27(22)18-10-8-17(9-11-18)26-13-3-2-4-14-26/h5-12,15,22,29H,2-4,13-14H2,1H3. The highest BCUT2D eigenvalue weighted by molar-refractivity contribution is 6.20. The molecule has 1 unspecified atom stereocenters. The molecule has 1 fully saturated rings. The van der Waals surface area contributed by atoms with E-state index in [0.717, 1.165) is 18.8 Å². The molecule has 2 aromatic heterocycles. The molecule has 164 valence electrons. The Morgan fingerprint density at radius 1 is 1.00 bits per heavy atom. The summed E-state index contributed by atoms with van der Waals surface area (Å²) in [5.74, 6) is -0.698. The zero-order valence-corrected chi connectivity index (χ0v) is 17.8. The van der Waals surface area contributed by atoms with Gasteiger partial charge in [0, 0.05) is 24.5 Å². The lowest BCUT2D eigenvalue weighted by Gasteiger charge is -2.30. The van der Waals surface area contributed by atoms with Crippen LogP contribution in [-0.4, -0.2) is 29.9 Å². The van der Waals surface area contributed by atoms with E-state index >= 15 is 0 Å². The van der Waals surface area contributed by atoms with E-state index in [4.69, 9.17) is 8.83 Å².